The minimum absolute atomic E-state index is 0.00951. The van der Waals surface area contributed by atoms with E-state index in [1.807, 2.05) is 19.0 Å². The van der Waals surface area contributed by atoms with Gasteiger partial charge in [0.05, 0.1) is 11.1 Å². The highest BCUT2D eigenvalue weighted by atomic mass is 35.5. The van der Waals surface area contributed by atoms with Crippen molar-refractivity contribution in [2.45, 2.75) is 25.8 Å². The SMILES string of the molecule is CON=C1C(C)N(C)N(C)C1Oc1cc(-c2nn(C)c(OC(F)F)c2Cl)c(F)cc1Cl. The molecule has 1 aromatic heterocycles. The quantitative estimate of drug-likeness (QED) is 0.580. The van der Waals surface area contributed by atoms with E-state index in [1.54, 1.807) is 12.1 Å². The summed E-state index contributed by atoms with van der Waals surface area (Å²) < 4.78 is 51.4. The summed E-state index contributed by atoms with van der Waals surface area (Å²) in [6, 6.07) is 2.19. The number of oxime groups is 1. The highest BCUT2D eigenvalue weighted by molar-refractivity contribution is 6.34. The number of benzene rings is 1. The van der Waals surface area contributed by atoms with E-state index in [0.29, 0.717) is 5.71 Å². The zero-order valence-electron chi connectivity index (χ0n) is 17.2. The van der Waals surface area contributed by atoms with Crippen LogP contribution in [0.2, 0.25) is 10.0 Å². The lowest BCUT2D eigenvalue weighted by Crippen LogP contribution is -2.40. The fourth-order valence-corrected chi connectivity index (χ4v) is 3.68. The summed E-state index contributed by atoms with van der Waals surface area (Å²) in [7, 11) is 6.38. The average Bonchev–Trinajstić information content (AvgIpc) is 3.07. The molecule has 2 unspecified atom stereocenters. The molecule has 1 aromatic carbocycles. The fourth-order valence-electron chi connectivity index (χ4n) is 3.18. The van der Waals surface area contributed by atoms with E-state index in [0.717, 1.165) is 10.7 Å². The number of ether oxygens (including phenoxy) is 2. The number of alkyl halides is 2. The van der Waals surface area contributed by atoms with Crippen LogP contribution < -0.4 is 9.47 Å². The predicted molar refractivity (Wildman–Crippen MR) is 109 cm³/mol. The molecule has 13 heteroatoms. The first kappa shape index (κ1) is 23.5. The molecule has 2 atom stereocenters. The van der Waals surface area contributed by atoms with Gasteiger partial charge in [-0.3, -0.25) is 0 Å². The summed E-state index contributed by atoms with van der Waals surface area (Å²) >= 11 is 12.3. The van der Waals surface area contributed by atoms with Crippen LogP contribution in [0.15, 0.2) is 17.3 Å². The fraction of sp³-hybridized carbons (Fsp3) is 0.444. The van der Waals surface area contributed by atoms with Crippen molar-refractivity contribution in [1.82, 2.24) is 19.8 Å². The van der Waals surface area contributed by atoms with Crippen molar-refractivity contribution in [3.05, 3.63) is 28.0 Å². The third-order valence-electron chi connectivity index (χ3n) is 4.93. The van der Waals surface area contributed by atoms with Crippen LogP contribution in [-0.2, 0) is 11.9 Å². The smallest absolute Gasteiger partial charge is 0.388 e. The number of aryl methyl sites for hydroxylation is 1. The van der Waals surface area contributed by atoms with Gasteiger partial charge in [-0.1, -0.05) is 28.4 Å². The van der Waals surface area contributed by atoms with Gasteiger partial charge in [-0.15, -0.1) is 0 Å². The lowest BCUT2D eigenvalue weighted by atomic mass is 10.1. The van der Waals surface area contributed by atoms with Gasteiger partial charge in [0.1, 0.15) is 35.1 Å². The zero-order chi connectivity index (χ0) is 23.0. The minimum atomic E-state index is -3.12. The Morgan fingerprint density at radius 2 is 1.84 bits per heavy atom. The van der Waals surface area contributed by atoms with E-state index >= 15 is 0 Å². The molecule has 8 nitrogen and oxygen atoms in total. The molecule has 2 heterocycles. The number of nitrogens with zero attached hydrogens (tertiary/aromatic N) is 5. The van der Waals surface area contributed by atoms with Gasteiger partial charge in [0.15, 0.2) is 0 Å². The Labute approximate surface area is 186 Å². The van der Waals surface area contributed by atoms with Gasteiger partial charge in [-0.25, -0.2) is 19.1 Å². The largest absolute Gasteiger partial charge is 0.467 e. The number of hydrogen-bond acceptors (Lipinski definition) is 7. The maximum absolute atomic E-state index is 14.7. The molecule has 1 saturated heterocycles. The molecule has 0 saturated carbocycles. The van der Waals surface area contributed by atoms with Crippen LogP contribution in [0.25, 0.3) is 11.3 Å². The summed E-state index contributed by atoms with van der Waals surface area (Å²) in [5.41, 5.74) is 0.365. The van der Waals surface area contributed by atoms with Gasteiger partial charge in [0.25, 0.3) is 0 Å². The minimum Gasteiger partial charge on any atom is -0.467 e. The van der Waals surface area contributed by atoms with E-state index in [2.05, 4.69) is 15.0 Å². The van der Waals surface area contributed by atoms with Crippen LogP contribution in [0.4, 0.5) is 13.2 Å². The molecule has 170 valence electrons. The average molecular weight is 482 g/mol. The lowest BCUT2D eigenvalue weighted by molar-refractivity contribution is -0.0552. The second kappa shape index (κ2) is 9.11. The number of halogens is 5. The summed E-state index contributed by atoms with van der Waals surface area (Å²) in [4.78, 5) is 4.92. The summed E-state index contributed by atoms with van der Waals surface area (Å²) in [6.45, 7) is -1.21. The van der Waals surface area contributed by atoms with Crippen molar-refractivity contribution < 1.29 is 27.5 Å². The topological polar surface area (TPSA) is 64.3 Å². The van der Waals surface area contributed by atoms with Crippen LogP contribution in [-0.4, -0.2) is 65.6 Å². The first-order valence-electron chi connectivity index (χ1n) is 8.96. The van der Waals surface area contributed by atoms with Gasteiger partial charge in [0, 0.05) is 26.7 Å². The van der Waals surface area contributed by atoms with Gasteiger partial charge >= 0.3 is 6.61 Å². The van der Waals surface area contributed by atoms with Gasteiger partial charge in [-0.2, -0.15) is 13.9 Å². The molecule has 1 aliphatic rings. The number of aromatic nitrogens is 2. The van der Waals surface area contributed by atoms with Crippen LogP contribution in [0.3, 0.4) is 0 Å². The Balaban J connectivity index is 2.02. The molecule has 31 heavy (non-hydrogen) atoms. The van der Waals surface area contributed by atoms with Crippen LogP contribution in [0.1, 0.15) is 6.92 Å². The first-order chi connectivity index (χ1) is 14.6. The molecule has 0 bridgehead atoms. The zero-order valence-corrected chi connectivity index (χ0v) is 18.7. The number of hydrazine groups is 1. The highest BCUT2D eigenvalue weighted by Gasteiger charge is 2.41. The molecule has 1 aliphatic heterocycles. The Kier molecular flexibility index (Phi) is 6.89. The first-order valence-corrected chi connectivity index (χ1v) is 9.72. The standard InChI is InChI=1S/C18H20Cl2F3N5O3/c1-8-14(25-29-5)17(28(4)27(8)3)30-12-6-9(11(21)7-10(12)19)15-13(20)16(26(2)24-15)31-18(22)23/h6-8,17-18H,1-5H3. The third kappa shape index (κ3) is 4.40. The second-order valence-corrected chi connectivity index (χ2v) is 7.51. The van der Waals surface area contributed by atoms with Crippen molar-refractivity contribution in [2.24, 2.45) is 12.2 Å². The van der Waals surface area contributed by atoms with Crippen molar-refractivity contribution >= 4 is 28.9 Å². The Morgan fingerprint density at radius 1 is 1.16 bits per heavy atom. The van der Waals surface area contributed by atoms with Crippen molar-refractivity contribution in [2.75, 3.05) is 21.2 Å². The second-order valence-electron chi connectivity index (χ2n) is 6.72. The highest BCUT2D eigenvalue weighted by Crippen LogP contribution is 2.40. The Hall–Kier alpha value is -2.21. The molecular formula is C18H20Cl2F3N5O3. The summed E-state index contributed by atoms with van der Waals surface area (Å²) in [6.07, 6.45) is -0.687. The summed E-state index contributed by atoms with van der Waals surface area (Å²) in [5, 5.41) is 11.4. The lowest BCUT2D eigenvalue weighted by Gasteiger charge is -2.26. The van der Waals surface area contributed by atoms with E-state index < -0.39 is 24.5 Å². The van der Waals surface area contributed by atoms with Crippen molar-refractivity contribution in [3.8, 4) is 22.9 Å². The molecular weight excluding hydrogens is 462 g/mol. The summed E-state index contributed by atoms with van der Waals surface area (Å²) in [5.74, 6) is -1.06. The maximum Gasteiger partial charge on any atom is 0.388 e. The van der Waals surface area contributed by atoms with E-state index in [4.69, 9.17) is 32.8 Å². The van der Waals surface area contributed by atoms with Gasteiger partial charge in [-0.05, 0) is 19.1 Å². The Bertz CT molecular complexity index is 1000. The normalized spacial score (nSPS) is 21.3. The molecule has 3 rings (SSSR count). The predicted octanol–water partition coefficient (Wildman–Crippen LogP) is 4.02. The Morgan fingerprint density at radius 3 is 2.45 bits per heavy atom. The monoisotopic (exact) mass is 481 g/mol. The van der Waals surface area contributed by atoms with E-state index in [9.17, 15) is 13.2 Å². The molecule has 0 amide bonds. The van der Waals surface area contributed by atoms with Gasteiger partial charge in [0.2, 0.25) is 12.1 Å². The molecule has 0 radical (unpaired) electrons. The third-order valence-corrected chi connectivity index (χ3v) is 5.57. The number of rotatable bonds is 6. The molecule has 0 aliphatic carbocycles. The van der Waals surface area contributed by atoms with Gasteiger partial charge < -0.3 is 14.3 Å². The van der Waals surface area contributed by atoms with Crippen LogP contribution in [0.5, 0.6) is 11.6 Å². The maximum atomic E-state index is 14.7. The van der Waals surface area contributed by atoms with Crippen LogP contribution >= 0.6 is 23.2 Å². The molecule has 0 N–H and O–H groups in total. The van der Waals surface area contributed by atoms with E-state index in [-0.39, 0.29) is 33.1 Å². The van der Waals surface area contributed by atoms with E-state index in [1.165, 1.54) is 20.2 Å². The number of hydrogen-bond donors (Lipinski definition) is 0. The molecule has 2 aromatic rings. The van der Waals surface area contributed by atoms with Crippen molar-refractivity contribution in [3.63, 3.8) is 0 Å². The van der Waals surface area contributed by atoms with Crippen molar-refractivity contribution in [1.29, 1.82) is 0 Å². The molecule has 1 fully saturated rings. The van der Waals surface area contributed by atoms with Crippen LogP contribution in [0, 0.1) is 5.82 Å². The molecule has 0 spiro atoms.